The number of carboxylic acid groups (broad SMARTS) is 1. The molecule has 0 saturated carbocycles. The Balaban J connectivity index is 1.32. The van der Waals surface area contributed by atoms with Crippen LogP contribution in [0.3, 0.4) is 0 Å². The monoisotopic (exact) mass is 726 g/mol. The number of carboxylic acids is 1. The number of nitrogens with one attached hydrogen (secondary N) is 2. The molecule has 0 fully saturated rings. The lowest BCUT2D eigenvalue weighted by atomic mass is 10.00. The van der Waals surface area contributed by atoms with Crippen LogP contribution in [0.5, 0.6) is 11.5 Å². The molecule has 2 amide bonds. The number of halogens is 7. The Hall–Kier alpha value is -5.82. The topological polar surface area (TPSA) is 105 Å². The first-order chi connectivity index (χ1) is 24.1. The number of hydrogen-bond acceptors (Lipinski definition) is 4. The Morgan fingerprint density at radius 1 is 0.686 bits per heavy atom. The summed E-state index contributed by atoms with van der Waals surface area (Å²) in [4.78, 5) is 38.4. The number of ether oxygens (including phenoxy) is 1. The van der Waals surface area contributed by atoms with Crippen molar-refractivity contribution in [1.82, 2.24) is 5.32 Å². The number of amides is 2. The van der Waals surface area contributed by atoms with E-state index in [1.807, 2.05) is 48.5 Å². The molecule has 0 aromatic heterocycles. The zero-order valence-electron chi connectivity index (χ0n) is 26.0. The molecule has 3 N–H and O–H groups in total. The summed E-state index contributed by atoms with van der Waals surface area (Å²) < 4.78 is 86.0. The minimum Gasteiger partial charge on any atom is -0.480 e. The van der Waals surface area contributed by atoms with E-state index in [-0.39, 0.29) is 35.3 Å². The first kappa shape index (κ1) is 36.5. The lowest BCUT2D eigenvalue weighted by Crippen LogP contribution is -2.42. The standard InChI is InChI=1S/C37H25ClF6N2O5/c38-27-13-14-31(45-33(47)24-16-25(36(39,40)41)19-26(17-24)37(42,43)44)30(20-27)34(48)46-32(35(49)50)15-21-9-11-22(12-10-21)23-5-4-8-29(18-23)51-28-6-2-1-3-7-28/h1-14,16-20,32H,15H2,(H,45,47)(H,46,48)(H,49,50)/t32-/m0/s1. The maximum atomic E-state index is 13.3. The number of alkyl halides is 6. The smallest absolute Gasteiger partial charge is 0.416 e. The molecule has 0 saturated heterocycles. The van der Waals surface area contributed by atoms with Crippen molar-refractivity contribution < 1.29 is 50.6 Å². The van der Waals surface area contributed by atoms with Gasteiger partial charge in [0.2, 0.25) is 0 Å². The van der Waals surface area contributed by atoms with E-state index in [0.29, 0.717) is 17.1 Å². The summed E-state index contributed by atoms with van der Waals surface area (Å²) in [5, 5.41) is 14.3. The van der Waals surface area contributed by atoms with Crippen molar-refractivity contribution >= 4 is 35.1 Å². The van der Waals surface area contributed by atoms with E-state index < -0.39 is 58.4 Å². The van der Waals surface area contributed by atoms with Gasteiger partial charge in [0.25, 0.3) is 11.8 Å². The highest BCUT2D eigenvalue weighted by Gasteiger charge is 2.37. The highest BCUT2D eigenvalue weighted by atomic mass is 35.5. The van der Waals surface area contributed by atoms with Gasteiger partial charge in [0.1, 0.15) is 17.5 Å². The first-order valence-corrected chi connectivity index (χ1v) is 15.3. The molecule has 1 atom stereocenters. The number of aliphatic carboxylic acids is 1. The van der Waals surface area contributed by atoms with Gasteiger partial charge in [0.15, 0.2) is 0 Å². The second-order valence-electron chi connectivity index (χ2n) is 11.1. The van der Waals surface area contributed by atoms with Gasteiger partial charge in [-0.1, -0.05) is 66.2 Å². The summed E-state index contributed by atoms with van der Waals surface area (Å²) >= 11 is 6.03. The van der Waals surface area contributed by atoms with Crippen LogP contribution >= 0.6 is 11.6 Å². The molecule has 5 aromatic carbocycles. The fourth-order valence-electron chi connectivity index (χ4n) is 4.96. The second kappa shape index (κ2) is 15.0. The summed E-state index contributed by atoms with van der Waals surface area (Å²) in [6.45, 7) is 0. The lowest BCUT2D eigenvalue weighted by molar-refractivity contribution is -0.143. The Labute approximate surface area is 291 Å². The molecule has 7 nitrogen and oxygen atoms in total. The average Bonchev–Trinajstić information content (AvgIpc) is 3.08. The molecule has 0 heterocycles. The van der Waals surface area contributed by atoms with Crippen LogP contribution in [0.2, 0.25) is 5.02 Å². The van der Waals surface area contributed by atoms with Crippen LogP contribution in [0.15, 0.2) is 115 Å². The SMILES string of the molecule is O=C(Nc1ccc(Cl)cc1C(=O)N[C@@H](Cc1ccc(-c2cccc(Oc3ccccc3)c2)cc1)C(=O)O)c1cc(C(F)(F)F)cc(C(F)(F)F)c1. The van der Waals surface area contributed by atoms with Gasteiger partial charge in [-0.3, -0.25) is 9.59 Å². The number of carbonyl (C=O) groups excluding carboxylic acids is 2. The quantitative estimate of drug-likeness (QED) is 0.124. The maximum Gasteiger partial charge on any atom is 0.416 e. The van der Waals surface area contributed by atoms with E-state index in [0.717, 1.165) is 23.3 Å². The van der Waals surface area contributed by atoms with Gasteiger partial charge in [-0.05, 0) is 77.4 Å². The normalized spacial score (nSPS) is 12.1. The van der Waals surface area contributed by atoms with Gasteiger partial charge in [-0.2, -0.15) is 26.3 Å². The van der Waals surface area contributed by atoms with Crippen molar-refractivity contribution in [2.24, 2.45) is 0 Å². The number of benzene rings is 5. The molecular weight excluding hydrogens is 702 g/mol. The van der Waals surface area contributed by atoms with Crippen LogP contribution in [0, 0.1) is 0 Å². The molecule has 0 bridgehead atoms. The lowest BCUT2D eigenvalue weighted by Gasteiger charge is -2.18. The fourth-order valence-corrected chi connectivity index (χ4v) is 5.13. The molecule has 0 aliphatic heterocycles. The van der Waals surface area contributed by atoms with Crippen LogP contribution in [-0.2, 0) is 23.6 Å². The first-order valence-electron chi connectivity index (χ1n) is 14.9. The summed E-state index contributed by atoms with van der Waals surface area (Å²) in [5.41, 5.74) is -2.98. The van der Waals surface area contributed by atoms with Gasteiger partial charge in [-0.25, -0.2) is 4.79 Å². The maximum absolute atomic E-state index is 13.3. The minimum atomic E-state index is -5.20. The summed E-state index contributed by atoms with van der Waals surface area (Å²) in [6.07, 6.45) is -10.6. The number of hydrogen-bond donors (Lipinski definition) is 3. The summed E-state index contributed by atoms with van der Waals surface area (Å²) in [6, 6.07) is 25.6. The van der Waals surface area contributed by atoms with E-state index >= 15 is 0 Å². The molecule has 51 heavy (non-hydrogen) atoms. The zero-order valence-corrected chi connectivity index (χ0v) is 26.7. The van der Waals surface area contributed by atoms with Crippen LogP contribution in [0.4, 0.5) is 32.0 Å². The van der Waals surface area contributed by atoms with Gasteiger partial charge in [-0.15, -0.1) is 0 Å². The summed E-state index contributed by atoms with van der Waals surface area (Å²) in [7, 11) is 0. The van der Waals surface area contributed by atoms with Crippen molar-refractivity contribution in [3.05, 3.63) is 148 Å². The third-order valence-electron chi connectivity index (χ3n) is 7.47. The van der Waals surface area contributed by atoms with Crippen molar-refractivity contribution in [2.45, 2.75) is 24.8 Å². The largest absolute Gasteiger partial charge is 0.480 e. The van der Waals surface area contributed by atoms with Crippen LogP contribution in [-0.4, -0.2) is 28.9 Å². The number of carbonyl (C=O) groups is 3. The van der Waals surface area contributed by atoms with Crippen LogP contribution < -0.4 is 15.4 Å². The molecule has 0 spiro atoms. The number of para-hydroxylation sites is 1. The second-order valence-corrected chi connectivity index (χ2v) is 11.6. The predicted octanol–water partition coefficient (Wildman–Crippen LogP) is 9.51. The molecule has 0 aliphatic carbocycles. The summed E-state index contributed by atoms with van der Waals surface area (Å²) in [5.74, 6) is -2.57. The third-order valence-corrected chi connectivity index (χ3v) is 7.70. The van der Waals surface area contributed by atoms with Gasteiger partial charge in [0.05, 0.1) is 22.4 Å². The Kier molecular flexibility index (Phi) is 10.7. The van der Waals surface area contributed by atoms with E-state index in [1.54, 1.807) is 30.3 Å². The predicted molar refractivity (Wildman–Crippen MR) is 177 cm³/mol. The Morgan fingerprint density at radius 3 is 1.92 bits per heavy atom. The van der Waals surface area contributed by atoms with Crippen molar-refractivity contribution in [1.29, 1.82) is 0 Å². The Bertz CT molecular complexity index is 2040. The van der Waals surface area contributed by atoms with Crippen LogP contribution in [0.1, 0.15) is 37.4 Å². The zero-order chi connectivity index (χ0) is 36.9. The average molecular weight is 727 g/mol. The molecule has 0 radical (unpaired) electrons. The highest BCUT2D eigenvalue weighted by Crippen LogP contribution is 2.37. The molecule has 0 aliphatic rings. The molecule has 14 heteroatoms. The van der Waals surface area contributed by atoms with E-state index in [1.165, 1.54) is 6.07 Å². The van der Waals surface area contributed by atoms with Crippen LogP contribution in [0.25, 0.3) is 11.1 Å². The van der Waals surface area contributed by atoms with E-state index in [2.05, 4.69) is 10.6 Å². The number of anilines is 1. The van der Waals surface area contributed by atoms with Gasteiger partial charge < -0.3 is 20.5 Å². The van der Waals surface area contributed by atoms with Crippen molar-refractivity contribution in [3.63, 3.8) is 0 Å². The van der Waals surface area contributed by atoms with Crippen molar-refractivity contribution in [3.8, 4) is 22.6 Å². The highest BCUT2D eigenvalue weighted by molar-refractivity contribution is 6.31. The molecule has 5 rings (SSSR count). The molecule has 0 unspecified atom stereocenters. The van der Waals surface area contributed by atoms with Crippen molar-refractivity contribution in [2.75, 3.05) is 5.32 Å². The Morgan fingerprint density at radius 2 is 1.31 bits per heavy atom. The third kappa shape index (κ3) is 9.45. The van der Waals surface area contributed by atoms with Gasteiger partial charge in [0, 0.05) is 17.0 Å². The van der Waals surface area contributed by atoms with Gasteiger partial charge >= 0.3 is 18.3 Å². The fraction of sp³-hybridized carbons (Fsp3) is 0.108. The number of rotatable bonds is 10. The molecular formula is C37H25ClF6N2O5. The minimum absolute atomic E-state index is 0.0303. The molecule has 262 valence electrons. The van der Waals surface area contributed by atoms with E-state index in [4.69, 9.17) is 16.3 Å². The van der Waals surface area contributed by atoms with E-state index in [9.17, 15) is 45.8 Å². The molecule has 5 aromatic rings.